The van der Waals surface area contributed by atoms with Crippen LogP contribution in [-0.4, -0.2) is 12.3 Å². The Morgan fingerprint density at radius 1 is 0.320 bits per heavy atom. The molecule has 25 heavy (non-hydrogen) atoms. The zero-order chi connectivity index (χ0) is 20.6. The molecule has 0 fully saturated rings. The molecule has 0 radical (unpaired) electrons. The molecule has 2 atom stereocenters. The SMILES string of the molecule is C.CC(C)C(C)C.CC(C)C(C)C.CC(C)C(C)F.CC(C)C(C)F. The summed E-state index contributed by atoms with van der Waals surface area (Å²) < 4.78 is 23.6. The van der Waals surface area contributed by atoms with E-state index < -0.39 is 12.3 Å². The van der Waals surface area contributed by atoms with Gasteiger partial charge >= 0.3 is 0 Å². The Bertz CT molecular complexity index is 142. The molecule has 2 unspecified atom stereocenters. The third kappa shape index (κ3) is 45.3. The summed E-state index contributed by atoms with van der Waals surface area (Å²) in [7, 11) is 0. The van der Waals surface area contributed by atoms with Crippen LogP contribution in [-0.2, 0) is 0 Å². The van der Waals surface area contributed by atoms with Crippen LogP contribution >= 0.6 is 0 Å². The van der Waals surface area contributed by atoms with E-state index in [4.69, 9.17) is 0 Å². The normalized spacial score (nSPS) is 12.7. The smallest absolute Gasteiger partial charge is 0.0996 e. The lowest BCUT2D eigenvalue weighted by molar-refractivity contribution is 0.279. The van der Waals surface area contributed by atoms with Gasteiger partial charge in [-0.2, -0.15) is 0 Å². The molecule has 0 aromatic heterocycles. The highest BCUT2D eigenvalue weighted by Crippen LogP contribution is 2.06. The van der Waals surface area contributed by atoms with Gasteiger partial charge < -0.3 is 0 Å². The van der Waals surface area contributed by atoms with E-state index in [2.05, 4.69) is 55.4 Å². The molecular formula is C23H54F2. The van der Waals surface area contributed by atoms with E-state index in [0.717, 1.165) is 23.7 Å². The van der Waals surface area contributed by atoms with Crippen molar-refractivity contribution >= 4 is 0 Å². The van der Waals surface area contributed by atoms with Gasteiger partial charge in [0.25, 0.3) is 0 Å². The molecule has 0 bridgehead atoms. The zero-order valence-electron chi connectivity index (χ0n) is 19.4. The molecule has 0 saturated carbocycles. The first-order chi connectivity index (χ1) is 10.6. The highest BCUT2D eigenvalue weighted by Gasteiger charge is 2.01. The van der Waals surface area contributed by atoms with E-state index in [1.807, 2.05) is 27.7 Å². The Morgan fingerprint density at radius 3 is 0.400 bits per heavy atom. The van der Waals surface area contributed by atoms with Crippen molar-refractivity contribution in [2.75, 3.05) is 0 Å². The topological polar surface area (TPSA) is 0 Å². The Kier molecular flexibility index (Phi) is 31.4. The van der Waals surface area contributed by atoms with Crippen LogP contribution in [0.3, 0.4) is 0 Å². The van der Waals surface area contributed by atoms with Crippen molar-refractivity contribution in [2.45, 2.75) is 117 Å². The first-order valence-electron chi connectivity index (χ1n) is 9.85. The van der Waals surface area contributed by atoms with Crippen molar-refractivity contribution in [3.63, 3.8) is 0 Å². The molecular weight excluding hydrogens is 314 g/mol. The minimum absolute atomic E-state index is 0. The molecule has 2 heteroatoms. The number of rotatable bonds is 4. The van der Waals surface area contributed by atoms with E-state index in [0.29, 0.717) is 0 Å². The third-order valence-corrected chi connectivity index (χ3v) is 4.50. The van der Waals surface area contributed by atoms with Crippen LogP contribution in [0, 0.1) is 35.5 Å². The van der Waals surface area contributed by atoms with Gasteiger partial charge in [0.2, 0.25) is 0 Å². The molecule has 0 aromatic carbocycles. The van der Waals surface area contributed by atoms with Crippen LogP contribution in [0.5, 0.6) is 0 Å². The summed E-state index contributed by atoms with van der Waals surface area (Å²) in [5.41, 5.74) is 0. The Balaban J connectivity index is -0.0000000702. The maximum absolute atomic E-state index is 11.8. The van der Waals surface area contributed by atoms with Gasteiger partial charge in [0.05, 0.1) is 12.3 Å². The summed E-state index contributed by atoms with van der Waals surface area (Å²) in [4.78, 5) is 0. The predicted octanol–water partition coefficient (Wildman–Crippen LogP) is 9.23. The number of hydrogen-bond donors (Lipinski definition) is 0. The average molecular weight is 369 g/mol. The minimum Gasteiger partial charge on any atom is -0.248 e. The zero-order valence-corrected chi connectivity index (χ0v) is 19.4. The third-order valence-electron chi connectivity index (χ3n) is 4.50. The summed E-state index contributed by atoms with van der Waals surface area (Å²) >= 11 is 0. The van der Waals surface area contributed by atoms with Crippen molar-refractivity contribution in [1.29, 1.82) is 0 Å². The van der Waals surface area contributed by atoms with E-state index in [9.17, 15) is 8.78 Å². The molecule has 0 spiro atoms. The second kappa shape index (κ2) is 21.9. The Morgan fingerprint density at radius 2 is 0.400 bits per heavy atom. The highest BCUT2D eigenvalue weighted by molar-refractivity contribution is 4.50. The fraction of sp³-hybridized carbons (Fsp3) is 1.00. The van der Waals surface area contributed by atoms with E-state index >= 15 is 0 Å². The molecule has 0 N–H and O–H groups in total. The van der Waals surface area contributed by atoms with Crippen molar-refractivity contribution in [3.05, 3.63) is 0 Å². The number of halogens is 2. The van der Waals surface area contributed by atoms with Crippen molar-refractivity contribution < 1.29 is 8.78 Å². The van der Waals surface area contributed by atoms with Gasteiger partial charge in [-0.15, -0.1) is 0 Å². The van der Waals surface area contributed by atoms with Gasteiger partial charge in [-0.05, 0) is 49.4 Å². The average Bonchev–Trinajstić information content (AvgIpc) is 2.40. The van der Waals surface area contributed by atoms with Crippen LogP contribution in [0.1, 0.15) is 104 Å². The lowest BCUT2D eigenvalue weighted by Crippen LogP contribution is -2.01. The maximum Gasteiger partial charge on any atom is 0.0996 e. The fourth-order valence-electron chi connectivity index (χ4n) is 0. The van der Waals surface area contributed by atoms with Gasteiger partial charge in [0.15, 0.2) is 0 Å². The highest BCUT2D eigenvalue weighted by atomic mass is 19.1. The lowest BCUT2D eigenvalue weighted by Gasteiger charge is -2.05. The van der Waals surface area contributed by atoms with Crippen LogP contribution in [0.2, 0.25) is 0 Å². The molecule has 0 amide bonds. The second-order valence-corrected chi connectivity index (χ2v) is 8.82. The van der Waals surface area contributed by atoms with E-state index in [-0.39, 0.29) is 19.3 Å². The fourth-order valence-corrected chi connectivity index (χ4v) is 0. The summed E-state index contributed by atoms with van der Waals surface area (Å²) in [5, 5.41) is 0. The van der Waals surface area contributed by atoms with Gasteiger partial charge in [0, 0.05) is 0 Å². The summed E-state index contributed by atoms with van der Waals surface area (Å²) in [5.74, 6) is 3.78. The molecule has 0 aliphatic rings. The number of hydrogen-bond acceptors (Lipinski definition) is 0. The minimum atomic E-state index is -0.648. The molecule has 0 aromatic rings. The number of alkyl halides is 2. The van der Waals surface area contributed by atoms with E-state index in [1.54, 1.807) is 13.8 Å². The van der Waals surface area contributed by atoms with Crippen molar-refractivity contribution in [1.82, 2.24) is 0 Å². The quantitative estimate of drug-likeness (QED) is 0.463. The summed E-state index contributed by atoms with van der Waals surface area (Å²) in [6.45, 7) is 28.5. The molecule has 0 aliphatic carbocycles. The Hall–Kier alpha value is -0.140. The standard InChI is InChI=1S/2C6H14.2C5H11F.CH4/c2*1-5(2)6(3)4;2*1-4(2)5(3)6;/h2*5-6H,1-4H3;2*4-5H,1-3H3;1H4. The van der Waals surface area contributed by atoms with Crippen LogP contribution < -0.4 is 0 Å². The van der Waals surface area contributed by atoms with Gasteiger partial charge in [-0.3, -0.25) is 0 Å². The van der Waals surface area contributed by atoms with Crippen molar-refractivity contribution in [3.8, 4) is 0 Å². The first-order valence-corrected chi connectivity index (χ1v) is 9.85. The lowest BCUT2D eigenvalue weighted by atomic mass is 10.0. The molecule has 0 rings (SSSR count). The van der Waals surface area contributed by atoms with Gasteiger partial charge in [-0.1, -0.05) is 90.5 Å². The van der Waals surface area contributed by atoms with Crippen LogP contribution in [0.4, 0.5) is 8.78 Å². The largest absolute Gasteiger partial charge is 0.248 e. The predicted molar refractivity (Wildman–Crippen MR) is 117 cm³/mol. The molecule has 0 aliphatic heterocycles. The van der Waals surface area contributed by atoms with Crippen LogP contribution in [0.25, 0.3) is 0 Å². The summed E-state index contributed by atoms with van der Waals surface area (Å²) in [6, 6.07) is 0. The van der Waals surface area contributed by atoms with Gasteiger partial charge in [0.1, 0.15) is 0 Å². The molecule has 0 heterocycles. The molecule has 160 valence electrons. The van der Waals surface area contributed by atoms with Crippen molar-refractivity contribution in [2.24, 2.45) is 35.5 Å². The monoisotopic (exact) mass is 368 g/mol. The van der Waals surface area contributed by atoms with Gasteiger partial charge in [-0.25, -0.2) is 8.78 Å². The summed E-state index contributed by atoms with van der Waals surface area (Å²) in [6.07, 6.45) is -1.30. The first kappa shape index (κ1) is 35.9. The molecule has 0 nitrogen and oxygen atoms in total. The Labute approximate surface area is 161 Å². The second-order valence-electron chi connectivity index (χ2n) is 8.82. The molecule has 0 saturated heterocycles. The maximum atomic E-state index is 11.8. The van der Waals surface area contributed by atoms with E-state index in [1.165, 1.54) is 0 Å². The van der Waals surface area contributed by atoms with Crippen LogP contribution in [0.15, 0.2) is 0 Å².